The first kappa shape index (κ1) is 14.2. The van der Waals surface area contributed by atoms with E-state index < -0.39 is 0 Å². The van der Waals surface area contributed by atoms with Crippen molar-refractivity contribution in [2.45, 2.75) is 13.8 Å². The predicted octanol–water partition coefficient (Wildman–Crippen LogP) is 5.44. The Balaban J connectivity index is 1.94. The average molecular weight is 286 g/mol. The van der Waals surface area contributed by atoms with Crippen molar-refractivity contribution in [2.24, 2.45) is 9.98 Å². The third-order valence-corrected chi connectivity index (χ3v) is 3.53. The molecule has 0 N–H and O–H groups in total. The smallest absolute Gasteiger partial charge is 0.0670 e. The maximum atomic E-state index is 4.71. The molecule has 0 amide bonds. The summed E-state index contributed by atoms with van der Waals surface area (Å²) in [4.78, 5) is 9.42. The molecule has 0 radical (unpaired) electrons. The van der Waals surface area contributed by atoms with Crippen LogP contribution in [0.1, 0.15) is 13.8 Å². The van der Waals surface area contributed by atoms with E-state index in [0.29, 0.717) is 0 Å². The predicted molar refractivity (Wildman–Crippen MR) is 94.6 cm³/mol. The summed E-state index contributed by atoms with van der Waals surface area (Å²) in [7, 11) is 0. The van der Waals surface area contributed by atoms with E-state index in [-0.39, 0.29) is 0 Å². The molecule has 0 aromatic heterocycles. The molecule has 108 valence electrons. The Hall–Kier alpha value is -2.74. The normalized spacial score (nSPS) is 18.3. The second-order valence-electron chi connectivity index (χ2n) is 5.32. The summed E-state index contributed by atoms with van der Waals surface area (Å²) >= 11 is 0. The van der Waals surface area contributed by atoms with Crippen LogP contribution in [0.4, 0.5) is 11.4 Å². The van der Waals surface area contributed by atoms with Gasteiger partial charge in [-0.3, -0.25) is 0 Å². The Bertz CT molecular complexity index is 709. The summed E-state index contributed by atoms with van der Waals surface area (Å²) in [6, 6.07) is 20.0. The van der Waals surface area contributed by atoms with Gasteiger partial charge in [0, 0.05) is 0 Å². The van der Waals surface area contributed by atoms with Crippen molar-refractivity contribution >= 4 is 22.8 Å². The van der Waals surface area contributed by atoms with Gasteiger partial charge in [-0.1, -0.05) is 36.4 Å². The van der Waals surface area contributed by atoms with Crippen LogP contribution >= 0.6 is 0 Å². The van der Waals surface area contributed by atoms with Crippen LogP contribution in [0, 0.1) is 0 Å². The molecule has 2 aromatic carbocycles. The molecule has 0 aliphatic heterocycles. The van der Waals surface area contributed by atoms with Crippen LogP contribution in [0.15, 0.2) is 93.9 Å². The fourth-order valence-electron chi connectivity index (χ4n) is 2.31. The lowest BCUT2D eigenvalue weighted by Crippen LogP contribution is -2.10. The zero-order valence-electron chi connectivity index (χ0n) is 12.8. The van der Waals surface area contributed by atoms with E-state index in [2.05, 4.69) is 26.0 Å². The van der Waals surface area contributed by atoms with Crippen LogP contribution in [0.3, 0.4) is 0 Å². The van der Waals surface area contributed by atoms with E-state index >= 15 is 0 Å². The summed E-state index contributed by atoms with van der Waals surface area (Å²) in [5, 5.41) is 0. The molecular weight excluding hydrogens is 268 g/mol. The van der Waals surface area contributed by atoms with E-state index in [4.69, 9.17) is 9.98 Å². The molecule has 1 aliphatic rings. The number of allylic oxidation sites excluding steroid dienone is 4. The van der Waals surface area contributed by atoms with E-state index in [1.165, 1.54) is 0 Å². The lowest BCUT2D eigenvalue weighted by Gasteiger charge is -2.13. The average Bonchev–Trinajstić information content (AvgIpc) is 2.54. The van der Waals surface area contributed by atoms with Gasteiger partial charge in [0.15, 0.2) is 0 Å². The number of hydrogen-bond donors (Lipinski definition) is 0. The molecule has 2 heteroatoms. The minimum Gasteiger partial charge on any atom is -0.249 e. The van der Waals surface area contributed by atoms with Crippen molar-refractivity contribution in [3.63, 3.8) is 0 Å². The third-order valence-electron chi connectivity index (χ3n) is 3.53. The van der Waals surface area contributed by atoms with Crippen molar-refractivity contribution < 1.29 is 0 Å². The van der Waals surface area contributed by atoms with Gasteiger partial charge in [0.25, 0.3) is 0 Å². The standard InChI is InChI=1S/C20H18N2/c1-15-13-20(22-18-11-7-4-8-12-18)16(2)14-19(15)21-17-9-5-3-6-10-17/h3-14H,1-2H3/b21-19-,22-20+. The third kappa shape index (κ3) is 3.29. The number of nitrogens with zero attached hydrogens (tertiary/aromatic N) is 2. The van der Waals surface area contributed by atoms with Gasteiger partial charge in [-0.15, -0.1) is 0 Å². The summed E-state index contributed by atoms with van der Waals surface area (Å²) in [6.07, 6.45) is 4.20. The number of aliphatic imine (C=N–C) groups is 2. The van der Waals surface area contributed by atoms with E-state index in [9.17, 15) is 0 Å². The molecule has 1 aliphatic carbocycles. The molecule has 0 saturated heterocycles. The van der Waals surface area contributed by atoms with Crippen molar-refractivity contribution in [3.05, 3.63) is 84.0 Å². The van der Waals surface area contributed by atoms with Gasteiger partial charge in [-0.05, 0) is 61.4 Å². The lowest BCUT2D eigenvalue weighted by atomic mass is 9.97. The van der Waals surface area contributed by atoms with Gasteiger partial charge in [0.05, 0.1) is 22.8 Å². The van der Waals surface area contributed by atoms with Crippen LogP contribution in [-0.2, 0) is 0 Å². The highest BCUT2D eigenvalue weighted by Gasteiger charge is 2.11. The van der Waals surface area contributed by atoms with Crippen LogP contribution in [0.25, 0.3) is 0 Å². The van der Waals surface area contributed by atoms with Crippen LogP contribution < -0.4 is 0 Å². The second-order valence-corrected chi connectivity index (χ2v) is 5.32. The molecule has 0 bridgehead atoms. The molecule has 3 rings (SSSR count). The highest BCUT2D eigenvalue weighted by Crippen LogP contribution is 2.21. The largest absolute Gasteiger partial charge is 0.249 e. The molecule has 0 spiro atoms. The fourth-order valence-corrected chi connectivity index (χ4v) is 2.31. The molecular formula is C20H18N2. The highest BCUT2D eigenvalue weighted by atomic mass is 14.8. The minimum atomic E-state index is 0.970. The Morgan fingerprint density at radius 2 is 0.909 bits per heavy atom. The van der Waals surface area contributed by atoms with Crippen LogP contribution in [0.5, 0.6) is 0 Å². The fraction of sp³-hybridized carbons (Fsp3) is 0.100. The van der Waals surface area contributed by atoms with E-state index in [1.54, 1.807) is 0 Å². The Kier molecular flexibility index (Phi) is 4.10. The van der Waals surface area contributed by atoms with E-state index in [1.807, 2.05) is 60.7 Å². The van der Waals surface area contributed by atoms with Gasteiger partial charge >= 0.3 is 0 Å². The summed E-state index contributed by atoms with van der Waals surface area (Å²) < 4.78 is 0. The molecule has 22 heavy (non-hydrogen) atoms. The summed E-state index contributed by atoms with van der Waals surface area (Å²) in [6.45, 7) is 4.15. The number of hydrogen-bond acceptors (Lipinski definition) is 2. The minimum absolute atomic E-state index is 0.970. The first-order valence-corrected chi connectivity index (χ1v) is 7.37. The topological polar surface area (TPSA) is 24.7 Å². The van der Waals surface area contributed by atoms with Gasteiger partial charge in [-0.2, -0.15) is 0 Å². The maximum absolute atomic E-state index is 4.71. The van der Waals surface area contributed by atoms with Gasteiger partial charge in [0.2, 0.25) is 0 Å². The second kappa shape index (κ2) is 6.35. The van der Waals surface area contributed by atoms with Crippen molar-refractivity contribution in [2.75, 3.05) is 0 Å². The highest BCUT2D eigenvalue weighted by molar-refractivity contribution is 6.24. The number of para-hydroxylation sites is 2. The monoisotopic (exact) mass is 286 g/mol. The quantitative estimate of drug-likeness (QED) is 0.657. The van der Waals surface area contributed by atoms with Gasteiger partial charge in [0.1, 0.15) is 0 Å². The SMILES string of the molecule is CC1=CC(=N\c2ccccc2)/C(C)=CC/1=N/c1ccccc1. The lowest BCUT2D eigenvalue weighted by molar-refractivity contribution is 1.42. The first-order chi connectivity index (χ1) is 10.7. The number of benzene rings is 2. The van der Waals surface area contributed by atoms with Gasteiger partial charge in [-0.25, -0.2) is 9.98 Å². The summed E-state index contributed by atoms with van der Waals surface area (Å²) in [5.41, 5.74) is 6.19. The molecule has 2 aromatic rings. The zero-order valence-corrected chi connectivity index (χ0v) is 12.8. The van der Waals surface area contributed by atoms with Crippen molar-refractivity contribution in [3.8, 4) is 0 Å². The summed E-state index contributed by atoms with van der Waals surface area (Å²) in [5.74, 6) is 0. The molecule has 0 unspecified atom stereocenters. The molecule has 0 atom stereocenters. The number of rotatable bonds is 2. The molecule has 0 heterocycles. The van der Waals surface area contributed by atoms with Crippen molar-refractivity contribution in [1.29, 1.82) is 0 Å². The molecule has 0 saturated carbocycles. The molecule has 0 fully saturated rings. The Morgan fingerprint density at radius 3 is 1.27 bits per heavy atom. The van der Waals surface area contributed by atoms with Crippen molar-refractivity contribution in [1.82, 2.24) is 0 Å². The Labute approximate surface area is 131 Å². The zero-order chi connectivity index (χ0) is 15.4. The van der Waals surface area contributed by atoms with Crippen LogP contribution in [-0.4, -0.2) is 11.4 Å². The van der Waals surface area contributed by atoms with E-state index in [0.717, 1.165) is 33.9 Å². The molecule has 2 nitrogen and oxygen atoms in total. The maximum Gasteiger partial charge on any atom is 0.0670 e. The Morgan fingerprint density at radius 1 is 0.545 bits per heavy atom. The van der Waals surface area contributed by atoms with Gasteiger partial charge < -0.3 is 0 Å². The first-order valence-electron chi connectivity index (χ1n) is 7.37. The van der Waals surface area contributed by atoms with Crippen LogP contribution in [0.2, 0.25) is 0 Å².